The molecule has 3 aromatic rings. The number of carbonyl (C=O) groups excluding carboxylic acids is 1. The predicted octanol–water partition coefficient (Wildman–Crippen LogP) is 3.38. The highest BCUT2D eigenvalue weighted by Gasteiger charge is 2.26. The monoisotopic (exact) mass is 360 g/mol. The van der Waals surface area contributed by atoms with E-state index in [0.29, 0.717) is 0 Å². The lowest BCUT2D eigenvalue weighted by Gasteiger charge is -2.38. The summed E-state index contributed by atoms with van der Waals surface area (Å²) < 4.78 is 0. The topological polar surface area (TPSA) is 48.5 Å². The fraction of sp³-hybridized carbons (Fsp3) is 0.273. The first-order valence-corrected chi connectivity index (χ1v) is 9.41. The summed E-state index contributed by atoms with van der Waals surface area (Å²) in [7, 11) is 0. The van der Waals surface area contributed by atoms with Crippen molar-refractivity contribution in [2.45, 2.75) is 13.0 Å². The van der Waals surface area contributed by atoms with E-state index in [0.717, 1.165) is 42.8 Å². The van der Waals surface area contributed by atoms with Gasteiger partial charge < -0.3 is 10.2 Å². The molecule has 0 unspecified atom stereocenters. The molecule has 5 heteroatoms. The fourth-order valence-corrected chi connectivity index (χ4v) is 3.62. The number of anilines is 2. The first-order chi connectivity index (χ1) is 13.2. The first-order valence-electron chi connectivity index (χ1n) is 9.41. The van der Waals surface area contributed by atoms with Crippen molar-refractivity contribution < 1.29 is 4.79 Å². The van der Waals surface area contributed by atoms with E-state index < -0.39 is 0 Å². The van der Waals surface area contributed by atoms with Gasteiger partial charge in [-0.25, -0.2) is 0 Å². The highest BCUT2D eigenvalue weighted by Crippen LogP contribution is 2.22. The van der Waals surface area contributed by atoms with Crippen LogP contribution in [0.15, 0.2) is 66.9 Å². The molecule has 0 bridgehead atoms. The summed E-state index contributed by atoms with van der Waals surface area (Å²) in [6, 6.07) is 20.0. The lowest BCUT2D eigenvalue weighted by Crippen LogP contribution is -2.52. The van der Waals surface area contributed by atoms with Gasteiger partial charge in [-0.05, 0) is 43.3 Å². The molecule has 1 aliphatic rings. The molecule has 1 aromatic heterocycles. The van der Waals surface area contributed by atoms with Gasteiger partial charge in [0.2, 0.25) is 5.91 Å². The molecular weight excluding hydrogens is 336 g/mol. The molecule has 0 aliphatic carbocycles. The van der Waals surface area contributed by atoms with Crippen LogP contribution in [0.5, 0.6) is 0 Å². The molecule has 1 saturated heterocycles. The van der Waals surface area contributed by atoms with Crippen molar-refractivity contribution in [3.8, 4) is 0 Å². The molecule has 0 saturated carbocycles. The fourth-order valence-electron chi connectivity index (χ4n) is 3.62. The number of nitrogens with one attached hydrogen (secondary N) is 1. The van der Waals surface area contributed by atoms with Crippen LogP contribution in [0.4, 0.5) is 11.4 Å². The number of carbonyl (C=O) groups is 1. The minimum absolute atomic E-state index is 0.0273. The SMILES string of the molecule is C[C@@H](C(=O)Nc1cccc2ncccc12)N1CCN(c2ccccc2)CC1. The Kier molecular flexibility index (Phi) is 5.03. The molecule has 4 rings (SSSR count). The van der Waals surface area contributed by atoms with Crippen LogP contribution in [-0.2, 0) is 4.79 Å². The highest BCUT2D eigenvalue weighted by atomic mass is 16.2. The minimum atomic E-state index is -0.171. The lowest BCUT2D eigenvalue weighted by atomic mass is 10.1. The van der Waals surface area contributed by atoms with E-state index in [9.17, 15) is 4.79 Å². The van der Waals surface area contributed by atoms with Crippen LogP contribution >= 0.6 is 0 Å². The van der Waals surface area contributed by atoms with Crippen LogP contribution in [0.1, 0.15) is 6.92 Å². The number of aromatic nitrogens is 1. The maximum Gasteiger partial charge on any atom is 0.241 e. The molecule has 27 heavy (non-hydrogen) atoms. The Balaban J connectivity index is 1.40. The minimum Gasteiger partial charge on any atom is -0.369 e. The second-order valence-electron chi connectivity index (χ2n) is 6.90. The number of benzene rings is 2. The predicted molar refractivity (Wildman–Crippen MR) is 110 cm³/mol. The third kappa shape index (κ3) is 3.78. The average Bonchev–Trinajstić information content (AvgIpc) is 2.74. The zero-order valence-corrected chi connectivity index (χ0v) is 15.5. The normalized spacial score (nSPS) is 16.3. The molecule has 0 radical (unpaired) electrons. The summed E-state index contributed by atoms with van der Waals surface area (Å²) in [5.74, 6) is 0.0273. The second kappa shape index (κ2) is 7.76. The first kappa shape index (κ1) is 17.5. The molecule has 5 nitrogen and oxygen atoms in total. The molecule has 2 heterocycles. The smallest absolute Gasteiger partial charge is 0.241 e. The number of fused-ring (bicyclic) bond motifs is 1. The van der Waals surface area contributed by atoms with Crippen LogP contribution in [0.25, 0.3) is 10.9 Å². The summed E-state index contributed by atoms with van der Waals surface area (Å²) in [6.45, 7) is 5.59. The van der Waals surface area contributed by atoms with Gasteiger partial charge in [0.05, 0.1) is 17.2 Å². The van der Waals surface area contributed by atoms with E-state index in [2.05, 4.69) is 44.4 Å². The number of hydrogen-bond donors (Lipinski definition) is 1. The van der Waals surface area contributed by atoms with Gasteiger partial charge in [-0.2, -0.15) is 0 Å². The van der Waals surface area contributed by atoms with E-state index in [1.807, 2.05) is 43.3 Å². The third-order valence-corrected chi connectivity index (χ3v) is 5.27. The van der Waals surface area contributed by atoms with Gasteiger partial charge >= 0.3 is 0 Å². The maximum absolute atomic E-state index is 12.8. The molecule has 0 spiro atoms. The van der Waals surface area contributed by atoms with Crippen LogP contribution in [0.3, 0.4) is 0 Å². The molecule has 138 valence electrons. The third-order valence-electron chi connectivity index (χ3n) is 5.27. The summed E-state index contributed by atoms with van der Waals surface area (Å²) in [4.78, 5) is 21.8. The van der Waals surface area contributed by atoms with Crippen molar-refractivity contribution in [2.75, 3.05) is 36.4 Å². The molecule has 2 aromatic carbocycles. The Morgan fingerprint density at radius 3 is 2.52 bits per heavy atom. The molecule has 1 amide bonds. The van der Waals surface area contributed by atoms with Crippen LogP contribution in [-0.4, -0.2) is 48.0 Å². The highest BCUT2D eigenvalue weighted by molar-refractivity contribution is 6.02. The van der Waals surface area contributed by atoms with E-state index in [1.54, 1.807) is 6.20 Å². The number of piperazine rings is 1. The lowest BCUT2D eigenvalue weighted by molar-refractivity contribution is -0.120. The van der Waals surface area contributed by atoms with Crippen molar-refractivity contribution in [2.24, 2.45) is 0 Å². The van der Waals surface area contributed by atoms with Gasteiger partial charge in [-0.15, -0.1) is 0 Å². The van der Waals surface area contributed by atoms with E-state index in [1.165, 1.54) is 5.69 Å². The molecular formula is C22H24N4O. The zero-order valence-electron chi connectivity index (χ0n) is 15.5. The van der Waals surface area contributed by atoms with Crippen molar-refractivity contribution in [1.82, 2.24) is 9.88 Å². The van der Waals surface area contributed by atoms with Crippen LogP contribution in [0, 0.1) is 0 Å². The summed E-state index contributed by atoms with van der Waals surface area (Å²) in [6.07, 6.45) is 1.77. The number of para-hydroxylation sites is 1. The Labute approximate surface area is 159 Å². The zero-order chi connectivity index (χ0) is 18.6. The number of rotatable bonds is 4. The quantitative estimate of drug-likeness (QED) is 0.775. The van der Waals surface area contributed by atoms with Gasteiger partial charge in [-0.1, -0.05) is 24.3 Å². The Bertz CT molecular complexity index is 915. The average molecular weight is 360 g/mol. The molecule has 1 fully saturated rings. The Hall–Kier alpha value is -2.92. The van der Waals surface area contributed by atoms with Crippen molar-refractivity contribution >= 4 is 28.2 Å². The number of pyridine rings is 1. The summed E-state index contributed by atoms with van der Waals surface area (Å²) >= 11 is 0. The Morgan fingerprint density at radius 1 is 0.963 bits per heavy atom. The van der Waals surface area contributed by atoms with Crippen molar-refractivity contribution in [3.05, 3.63) is 66.9 Å². The van der Waals surface area contributed by atoms with Gasteiger partial charge in [0.15, 0.2) is 0 Å². The van der Waals surface area contributed by atoms with Gasteiger partial charge in [-0.3, -0.25) is 14.7 Å². The maximum atomic E-state index is 12.8. The van der Waals surface area contributed by atoms with Gasteiger partial charge in [0.1, 0.15) is 0 Å². The van der Waals surface area contributed by atoms with Crippen molar-refractivity contribution in [1.29, 1.82) is 0 Å². The number of amides is 1. The van der Waals surface area contributed by atoms with E-state index in [-0.39, 0.29) is 11.9 Å². The van der Waals surface area contributed by atoms with E-state index >= 15 is 0 Å². The largest absolute Gasteiger partial charge is 0.369 e. The molecule has 1 aliphatic heterocycles. The van der Waals surface area contributed by atoms with Crippen LogP contribution in [0.2, 0.25) is 0 Å². The summed E-state index contributed by atoms with van der Waals surface area (Å²) in [5.41, 5.74) is 2.96. The number of nitrogens with zero attached hydrogens (tertiary/aromatic N) is 3. The molecule has 1 atom stereocenters. The molecule has 1 N–H and O–H groups in total. The number of hydrogen-bond acceptors (Lipinski definition) is 4. The van der Waals surface area contributed by atoms with Gasteiger partial charge in [0, 0.05) is 43.4 Å². The van der Waals surface area contributed by atoms with Gasteiger partial charge in [0.25, 0.3) is 0 Å². The van der Waals surface area contributed by atoms with E-state index in [4.69, 9.17) is 0 Å². The van der Waals surface area contributed by atoms with Crippen LogP contribution < -0.4 is 10.2 Å². The van der Waals surface area contributed by atoms with Crippen molar-refractivity contribution in [3.63, 3.8) is 0 Å². The Morgan fingerprint density at radius 2 is 1.74 bits per heavy atom. The second-order valence-corrected chi connectivity index (χ2v) is 6.90. The summed E-state index contributed by atoms with van der Waals surface area (Å²) in [5, 5.41) is 4.06. The standard InChI is InChI=1S/C22H24N4O/c1-17(25-13-15-26(16-14-25)18-7-3-2-4-8-18)22(27)24-21-11-5-10-20-19(21)9-6-12-23-20/h2-12,17H,13-16H2,1H3,(H,24,27)/t17-/m0/s1.